The van der Waals surface area contributed by atoms with E-state index in [0.717, 1.165) is 16.7 Å². The molecule has 0 spiro atoms. The van der Waals surface area contributed by atoms with Crippen LogP contribution in [0.15, 0.2) is 41.3 Å². The van der Waals surface area contributed by atoms with Crippen LogP contribution in [0.3, 0.4) is 0 Å². The zero-order chi connectivity index (χ0) is 20.0. The largest absolute Gasteiger partial charge is 0.383 e. The van der Waals surface area contributed by atoms with Gasteiger partial charge in [-0.2, -0.15) is 0 Å². The molecule has 3 N–H and O–H groups in total. The first kappa shape index (κ1) is 21.1. The number of anilines is 2. The zero-order valence-electron chi connectivity index (χ0n) is 15.9. The summed E-state index contributed by atoms with van der Waals surface area (Å²) >= 11 is 5.17. The van der Waals surface area contributed by atoms with Crippen molar-refractivity contribution in [2.24, 2.45) is 0 Å². The Labute approximate surface area is 166 Å². The highest BCUT2D eigenvalue weighted by Crippen LogP contribution is 2.25. The number of thiocarbonyl (C=S) groups is 1. The van der Waals surface area contributed by atoms with Gasteiger partial charge in [0.15, 0.2) is 5.11 Å². The maximum Gasteiger partial charge on any atom is 0.261 e. The fourth-order valence-electron chi connectivity index (χ4n) is 2.69. The number of rotatable bonds is 7. The van der Waals surface area contributed by atoms with Gasteiger partial charge in [-0.25, -0.2) is 8.42 Å². The number of hydrogen-bond donors (Lipinski definition) is 3. The number of ether oxygens (including phenoxy) is 1. The van der Waals surface area contributed by atoms with Crippen molar-refractivity contribution in [2.45, 2.75) is 25.7 Å². The Morgan fingerprint density at radius 3 is 2.22 bits per heavy atom. The molecule has 0 amide bonds. The molecule has 0 radical (unpaired) electrons. The van der Waals surface area contributed by atoms with Crippen molar-refractivity contribution in [1.82, 2.24) is 5.32 Å². The maximum atomic E-state index is 12.7. The molecule has 2 rings (SSSR count). The van der Waals surface area contributed by atoms with Crippen LogP contribution in [0.5, 0.6) is 0 Å². The summed E-state index contributed by atoms with van der Waals surface area (Å²) in [5, 5.41) is 6.45. The summed E-state index contributed by atoms with van der Waals surface area (Å²) in [5.41, 5.74) is 4.19. The van der Waals surface area contributed by atoms with Crippen molar-refractivity contribution < 1.29 is 13.2 Å². The highest BCUT2D eigenvalue weighted by Gasteiger charge is 2.17. The molecule has 0 aromatic heterocycles. The third kappa shape index (κ3) is 5.92. The van der Waals surface area contributed by atoms with Crippen LogP contribution in [0.25, 0.3) is 0 Å². The Morgan fingerprint density at radius 1 is 1.07 bits per heavy atom. The minimum absolute atomic E-state index is 0.186. The van der Waals surface area contributed by atoms with Gasteiger partial charge in [-0.3, -0.25) is 4.72 Å². The lowest BCUT2D eigenvalue weighted by Gasteiger charge is -2.15. The van der Waals surface area contributed by atoms with Gasteiger partial charge < -0.3 is 15.4 Å². The number of hydrogen-bond acceptors (Lipinski definition) is 4. The Morgan fingerprint density at radius 2 is 1.67 bits per heavy atom. The van der Waals surface area contributed by atoms with Crippen LogP contribution in [0.2, 0.25) is 0 Å². The predicted octanol–water partition coefficient (Wildman–Crippen LogP) is 3.35. The molecule has 0 saturated carbocycles. The van der Waals surface area contributed by atoms with E-state index in [2.05, 4.69) is 15.4 Å². The lowest BCUT2D eigenvalue weighted by Crippen LogP contribution is -2.31. The van der Waals surface area contributed by atoms with Crippen molar-refractivity contribution in [3.05, 3.63) is 53.1 Å². The molecule has 0 fully saturated rings. The molecule has 2 aromatic carbocycles. The second-order valence-corrected chi connectivity index (χ2v) is 8.37. The second kappa shape index (κ2) is 9.16. The minimum atomic E-state index is -3.68. The molecule has 146 valence electrons. The molecule has 0 aliphatic heterocycles. The quantitative estimate of drug-likeness (QED) is 0.483. The fourth-order valence-corrected chi connectivity index (χ4v) is 4.12. The van der Waals surface area contributed by atoms with Crippen molar-refractivity contribution in [2.75, 3.05) is 30.3 Å². The third-order valence-corrected chi connectivity index (χ3v) is 5.54. The summed E-state index contributed by atoms with van der Waals surface area (Å²) in [5.74, 6) is 0. The summed E-state index contributed by atoms with van der Waals surface area (Å²) < 4.78 is 33.1. The molecular weight excluding hydrogens is 382 g/mol. The second-order valence-electron chi connectivity index (χ2n) is 6.28. The standard InChI is InChI=1S/C19H25N3O3S2/c1-13-11-14(2)18(15(3)12-13)22-27(23,24)17-7-5-16(6-8-17)21-19(26)20-9-10-25-4/h5-8,11-12,22H,9-10H2,1-4H3,(H2,20,21,26). The molecule has 0 atom stereocenters. The monoisotopic (exact) mass is 407 g/mol. The van der Waals surface area contributed by atoms with Gasteiger partial charge >= 0.3 is 0 Å². The first-order valence-electron chi connectivity index (χ1n) is 8.47. The topological polar surface area (TPSA) is 79.5 Å². The lowest BCUT2D eigenvalue weighted by molar-refractivity contribution is 0.204. The van der Waals surface area contributed by atoms with Gasteiger partial charge in [0.25, 0.3) is 10.0 Å². The summed E-state index contributed by atoms with van der Waals surface area (Å²) in [6.07, 6.45) is 0. The van der Waals surface area contributed by atoms with E-state index in [1.807, 2.05) is 32.9 Å². The molecule has 0 saturated heterocycles. The Balaban J connectivity index is 2.10. The number of sulfonamides is 1. The summed E-state index contributed by atoms with van der Waals surface area (Å²) in [6, 6.07) is 10.3. The smallest absolute Gasteiger partial charge is 0.261 e. The average Bonchev–Trinajstić information content (AvgIpc) is 2.59. The highest BCUT2D eigenvalue weighted by atomic mass is 32.2. The van der Waals surface area contributed by atoms with Crippen LogP contribution in [0.1, 0.15) is 16.7 Å². The summed E-state index contributed by atoms with van der Waals surface area (Å²) in [4.78, 5) is 0.186. The van der Waals surface area contributed by atoms with E-state index in [-0.39, 0.29) is 4.90 Å². The van der Waals surface area contributed by atoms with E-state index in [9.17, 15) is 8.42 Å². The van der Waals surface area contributed by atoms with E-state index in [0.29, 0.717) is 29.6 Å². The van der Waals surface area contributed by atoms with Gasteiger partial charge in [-0.15, -0.1) is 0 Å². The Bertz CT molecular complexity index is 887. The minimum Gasteiger partial charge on any atom is -0.383 e. The van der Waals surface area contributed by atoms with E-state index in [1.165, 1.54) is 0 Å². The average molecular weight is 408 g/mol. The summed E-state index contributed by atoms with van der Waals surface area (Å²) in [6.45, 7) is 6.90. The molecule has 6 nitrogen and oxygen atoms in total. The zero-order valence-corrected chi connectivity index (χ0v) is 17.6. The summed E-state index contributed by atoms with van der Waals surface area (Å²) in [7, 11) is -2.06. The van der Waals surface area contributed by atoms with Crippen LogP contribution in [0.4, 0.5) is 11.4 Å². The van der Waals surface area contributed by atoms with Gasteiger partial charge in [-0.05, 0) is 68.4 Å². The van der Waals surface area contributed by atoms with Crippen LogP contribution < -0.4 is 15.4 Å². The van der Waals surface area contributed by atoms with Crippen molar-refractivity contribution >= 4 is 38.7 Å². The number of aryl methyl sites for hydroxylation is 3. The molecule has 0 bridgehead atoms. The fraction of sp³-hybridized carbons (Fsp3) is 0.316. The SMILES string of the molecule is COCCNC(=S)Nc1ccc(S(=O)(=O)Nc2c(C)cc(C)cc2C)cc1. The van der Waals surface area contributed by atoms with Crippen molar-refractivity contribution in [3.8, 4) is 0 Å². The van der Waals surface area contributed by atoms with Crippen LogP contribution in [-0.2, 0) is 14.8 Å². The van der Waals surface area contributed by atoms with E-state index in [4.69, 9.17) is 17.0 Å². The van der Waals surface area contributed by atoms with Crippen LogP contribution >= 0.6 is 12.2 Å². The molecule has 0 aliphatic carbocycles. The van der Waals surface area contributed by atoms with Crippen molar-refractivity contribution in [3.63, 3.8) is 0 Å². The molecule has 0 unspecified atom stereocenters. The van der Waals surface area contributed by atoms with E-state index in [1.54, 1.807) is 31.4 Å². The predicted molar refractivity (Wildman–Crippen MR) is 114 cm³/mol. The first-order valence-corrected chi connectivity index (χ1v) is 10.4. The van der Waals surface area contributed by atoms with Crippen LogP contribution in [-0.4, -0.2) is 33.8 Å². The third-order valence-electron chi connectivity index (χ3n) is 3.93. The molecule has 0 heterocycles. The molecule has 8 heteroatoms. The number of nitrogens with one attached hydrogen (secondary N) is 3. The number of benzene rings is 2. The van der Waals surface area contributed by atoms with Crippen LogP contribution in [0, 0.1) is 20.8 Å². The van der Waals surface area contributed by atoms with Gasteiger partial charge in [-0.1, -0.05) is 17.7 Å². The number of methoxy groups -OCH3 is 1. The molecule has 27 heavy (non-hydrogen) atoms. The normalized spacial score (nSPS) is 11.1. The van der Waals surface area contributed by atoms with Gasteiger partial charge in [0, 0.05) is 19.3 Å². The molecule has 0 aliphatic rings. The van der Waals surface area contributed by atoms with Gasteiger partial charge in [0.2, 0.25) is 0 Å². The van der Waals surface area contributed by atoms with Gasteiger partial charge in [0.1, 0.15) is 0 Å². The van der Waals surface area contributed by atoms with E-state index >= 15 is 0 Å². The van der Waals surface area contributed by atoms with Gasteiger partial charge in [0.05, 0.1) is 17.2 Å². The maximum absolute atomic E-state index is 12.7. The lowest BCUT2D eigenvalue weighted by atomic mass is 10.1. The molecule has 2 aromatic rings. The first-order chi connectivity index (χ1) is 12.7. The van der Waals surface area contributed by atoms with Crippen molar-refractivity contribution in [1.29, 1.82) is 0 Å². The molecular formula is C19H25N3O3S2. The Hall–Kier alpha value is -2.16. The highest BCUT2D eigenvalue weighted by molar-refractivity contribution is 7.92. The van der Waals surface area contributed by atoms with E-state index < -0.39 is 10.0 Å². The Kier molecular flexibility index (Phi) is 7.18.